The molecular formula is C21H24N4O4S. The molecule has 1 aliphatic rings. The van der Waals surface area contributed by atoms with Crippen molar-refractivity contribution < 1.29 is 17.7 Å². The number of fused-ring (bicyclic) bond motifs is 1. The van der Waals surface area contributed by atoms with Gasteiger partial charge in [0.2, 0.25) is 0 Å². The van der Waals surface area contributed by atoms with Crippen LogP contribution in [0.1, 0.15) is 16.1 Å². The number of piperazine rings is 1. The van der Waals surface area contributed by atoms with Crippen molar-refractivity contribution in [3.8, 4) is 11.3 Å². The average molecular weight is 429 g/mol. The second kappa shape index (κ2) is 8.16. The fourth-order valence-corrected chi connectivity index (χ4v) is 4.25. The van der Waals surface area contributed by atoms with E-state index in [-0.39, 0.29) is 11.7 Å². The standard InChI is InChI=1S/C21H24N4O4S/c1-15-19-17(14-18(22-20(19)29-23-15)16-6-4-3-5-7-16)21(26)25-10-8-24(9-11-25)12-13-30(2,27)28/h3-7,14H,8-13H2,1-2H3. The fraction of sp³-hybridized carbons (Fsp3) is 0.381. The second-order valence-corrected chi connectivity index (χ2v) is 9.89. The molecule has 9 heteroatoms. The second-order valence-electron chi connectivity index (χ2n) is 7.63. The first-order valence-electron chi connectivity index (χ1n) is 9.83. The van der Waals surface area contributed by atoms with Crippen molar-refractivity contribution in [3.05, 3.63) is 47.7 Å². The highest BCUT2D eigenvalue weighted by molar-refractivity contribution is 7.90. The highest BCUT2D eigenvalue weighted by Gasteiger charge is 2.26. The maximum Gasteiger partial charge on any atom is 0.259 e. The van der Waals surface area contributed by atoms with Gasteiger partial charge in [-0.2, -0.15) is 0 Å². The number of amides is 1. The average Bonchev–Trinajstić information content (AvgIpc) is 3.12. The Morgan fingerprint density at radius 1 is 1.13 bits per heavy atom. The number of carbonyl (C=O) groups excluding carboxylic acids is 1. The molecule has 3 heterocycles. The van der Waals surface area contributed by atoms with Gasteiger partial charge >= 0.3 is 0 Å². The van der Waals surface area contributed by atoms with Crippen molar-refractivity contribution in [1.29, 1.82) is 0 Å². The molecule has 0 N–H and O–H groups in total. The summed E-state index contributed by atoms with van der Waals surface area (Å²) >= 11 is 0. The van der Waals surface area contributed by atoms with Gasteiger partial charge in [-0.25, -0.2) is 13.4 Å². The molecule has 0 bridgehead atoms. The number of benzene rings is 1. The van der Waals surface area contributed by atoms with E-state index >= 15 is 0 Å². The Hall–Kier alpha value is -2.78. The summed E-state index contributed by atoms with van der Waals surface area (Å²) in [6.45, 7) is 4.65. The molecule has 1 saturated heterocycles. The third-order valence-electron chi connectivity index (χ3n) is 5.35. The van der Waals surface area contributed by atoms with E-state index in [1.807, 2.05) is 30.3 Å². The van der Waals surface area contributed by atoms with Crippen molar-refractivity contribution in [2.75, 3.05) is 44.7 Å². The molecule has 0 saturated carbocycles. The first kappa shape index (κ1) is 20.5. The molecule has 4 rings (SSSR count). The molecule has 0 aliphatic carbocycles. The molecule has 8 nitrogen and oxygen atoms in total. The largest absolute Gasteiger partial charge is 0.336 e. The maximum absolute atomic E-state index is 13.4. The zero-order chi connectivity index (χ0) is 21.3. The molecule has 1 aromatic carbocycles. The summed E-state index contributed by atoms with van der Waals surface area (Å²) in [6, 6.07) is 11.4. The van der Waals surface area contributed by atoms with E-state index in [1.165, 1.54) is 6.26 Å². The van der Waals surface area contributed by atoms with Gasteiger partial charge in [-0.1, -0.05) is 35.5 Å². The number of pyridine rings is 1. The van der Waals surface area contributed by atoms with E-state index < -0.39 is 9.84 Å². The van der Waals surface area contributed by atoms with Gasteiger partial charge in [0.15, 0.2) is 0 Å². The van der Waals surface area contributed by atoms with Gasteiger partial charge < -0.3 is 9.42 Å². The van der Waals surface area contributed by atoms with Gasteiger partial charge in [0.1, 0.15) is 9.84 Å². The molecule has 0 spiro atoms. The predicted molar refractivity (Wildman–Crippen MR) is 114 cm³/mol. The van der Waals surface area contributed by atoms with Crippen LogP contribution in [0, 0.1) is 6.92 Å². The van der Waals surface area contributed by atoms with Crippen molar-refractivity contribution >= 4 is 26.8 Å². The zero-order valence-corrected chi connectivity index (χ0v) is 17.9. The molecule has 30 heavy (non-hydrogen) atoms. The number of rotatable bonds is 5. The predicted octanol–water partition coefficient (Wildman–Crippen LogP) is 2.00. The molecule has 1 amide bonds. The lowest BCUT2D eigenvalue weighted by molar-refractivity contribution is 0.0646. The number of hydrogen-bond donors (Lipinski definition) is 0. The number of hydrogen-bond acceptors (Lipinski definition) is 7. The summed E-state index contributed by atoms with van der Waals surface area (Å²) in [7, 11) is -3.00. The van der Waals surface area contributed by atoms with Crippen LogP contribution in [-0.4, -0.2) is 79.0 Å². The van der Waals surface area contributed by atoms with Crippen molar-refractivity contribution in [1.82, 2.24) is 19.9 Å². The lowest BCUT2D eigenvalue weighted by atomic mass is 10.0. The SMILES string of the molecule is Cc1noc2nc(-c3ccccc3)cc(C(=O)N3CCN(CCS(C)(=O)=O)CC3)c12. The summed E-state index contributed by atoms with van der Waals surface area (Å²) in [4.78, 5) is 21.8. The maximum atomic E-state index is 13.4. The minimum atomic E-state index is -3.00. The zero-order valence-electron chi connectivity index (χ0n) is 17.0. The van der Waals surface area contributed by atoms with E-state index in [0.29, 0.717) is 60.8 Å². The highest BCUT2D eigenvalue weighted by atomic mass is 32.2. The number of sulfone groups is 1. The molecule has 3 aromatic rings. The smallest absolute Gasteiger partial charge is 0.259 e. The molecule has 0 unspecified atom stereocenters. The van der Waals surface area contributed by atoms with Crippen LogP contribution in [0.25, 0.3) is 22.4 Å². The van der Waals surface area contributed by atoms with Gasteiger partial charge in [0.05, 0.1) is 28.1 Å². The highest BCUT2D eigenvalue weighted by Crippen LogP contribution is 2.28. The molecule has 1 aliphatic heterocycles. The van der Waals surface area contributed by atoms with Crippen LogP contribution in [0.5, 0.6) is 0 Å². The summed E-state index contributed by atoms with van der Waals surface area (Å²) < 4.78 is 28.2. The minimum Gasteiger partial charge on any atom is -0.336 e. The fourth-order valence-electron chi connectivity index (χ4n) is 3.66. The monoisotopic (exact) mass is 428 g/mol. The third kappa shape index (κ3) is 4.36. The van der Waals surface area contributed by atoms with E-state index in [9.17, 15) is 13.2 Å². The van der Waals surface area contributed by atoms with E-state index in [4.69, 9.17) is 4.52 Å². The quantitative estimate of drug-likeness (QED) is 0.613. The normalized spacial score (nSPS) is 15.6. The van der Waals surface area contributed by atoms with Crippen LogP contribution in [0.4, 0.5) is 0 Å². The Labute approximate surface area is 175 Å². The summed E-state index contributed by atoms with van der Waals surface area (Å²) in [6.07, 6.45) is 1.24. The van der Waals surface area contributed by atoms with E-state index in [2.05, 4.69) is 15.0 Å². The Morgan fingerprint density at radius 3 is 2.50 bits per heavy atom. The molecule has 2 aromatic heterocycles. The van der Waals surface area contributed by atoms with Crippen molar-refractivity contribution in [2.45, 2.75) is 6.92 Å². The summed E-state index contributed by atoms with van der Waals surface area (Å²) in [5.74, 6) is 0.0420. The molecule has 0 radical (unpaired) electrons. The van der Waals surface area contributed by atoms with Crippen LogP contribution in [0.3, 0.4) is 0 Å². The van der Waals surface area contributed by atoms with Crippen molar-refractivity contribution in [2.24, 2.45) is 0 Å². The van der Waals surface area contributed by atoms with Crippen LogP contribution in [0.15, 0.2) is 40.9 Å². The Morgan fingerprint density at radius 2 is 1.83 bits per heavy atom. The summed E-state index contributed by atoms with van der Waals surface area (Å²) in [5.41, 5.74) is 3.07. The van der Waals surface area contributed by atoms with Crippen LogP contribution < -0.4 is 0 Å². The number of aryl methyl sites for hydroxylation is 1. The molecular weight excluding hydrogens is 404 g/mol. The van der Waals surface area contributed by atoms with E-state index in [0.717, 1.165) is 5.56 Å². The summed E-state index contributed by atoms with van der Waals surface area (Å²) in [5, 5.41) is 4.64. The van der Waals surface area contributed by atoms with E-state index in [1.54, 1.807) is 17.9 Å². The topological polar surface area (TPSA) is 96.6 Å². The first-order chi connectivity index (χ1) is 14.3. The van der Waals surface area contributed by atoms with Gasteiger partial charge in [0, 0.05) is 44.5 Å². The third-order valence-corrected chi connectivity index (χ3v) is 6.28. The first-order valence-corrected chi connectivity index (χ1v) is 11.9. The van der Waals surface area contributed by atoms with Gasteiger partial charge in [-0.05, 0) is 13.0 Å². The number of carbonyl (C=O) groups is 1. The number of nitrogens with zero attached hydrogens (tertiary/aromatic N) is 4. The van der Waals surface area contributed by atoms with Gasteiger partial charge in [0.25, 0.3) is 11.6 Å². The van der Waals surface area contributed by atoms with Crippen LogP contribution in [0.2, 0.25) is 0 Å². The number of aromatic nitrogens is 2. The lowest BCUT2D eigenvalue weighted by Gasteiger charge is -2.34. The van der Waals surface area contributed by atoms with Crippen LogP contribution >= 0.6 is 0 Å². The van der Waals surface area contributed by atoms with Crippen molar-refractivity contribution in [3.63, 3.8) is 0 Å². The lowest BCUT2D eigenvalue weighted by Crippen LogP contribution is -2.49. The van der Waals surface area contributed by atoms with Gasteiger partial charge in [-0.15, -0.1) is 0 Å². The Kier molecular flexibility index (Phi) is 5.57. The minimum absolute atomic E-state index is 0.0892. The Balaban J connectivity index is 1.58. The molecule has 158 valence electrons. The molecule has 1 fully saturated rings. The van der Waals surface area contributed by atoms with Gasteiger partial charge in [-0.3, -0.25) is 9.69 Å². The van der Waals surface area contributed by atoms with Crippen LogP contribution in [-0.2, 0) is 9.84 Å². The molecule has 0 atom stereocenters. The Bertz CT molecular complexity index is 1170.